The Morgan fingerprint density at radius 3 is 2.43 bits per heavy atom. The summed E-state index contributed by atoms with van der Waals surface area (Å²) >= 11 is 1.77. The first kappa shape index (κ1) is 26.8. The van der Waals surface area contributed by atoms with Crippen molar-refractivity contribution in [2.75, 3.05) is 36.4 Å². The Bertz CT molecular complexity index is 1320. The van der Waals surface area contributed by atoms with Crippen LogP contribution in [0.1, 0.15) is 17.5 Å². The molecule has 37 heavy (non-hydrogen) atoms. The van der Waals surface area contributed by atoms with Crippen molar-refractivity contribution >= 4 is 33.4 Å². The number of fused-ring (bicyclic) bond motifs is 1. The number of thioether (sulfide) groups is 1. The van der Waals surface area contributed by atoms with Crippen LogP contribution in [0, 0.1) is 12.7 Å². The Balaban J connectivity index is 1.38. The van der Waals surface area contributed by atoms with Gasteiger partial charge in [0, 0.05) is 18.4 Å². The maximum Gasteiger partial charge on any atom is 0.264 e. The molecule has 0 aromatic heterocycles. The zero-order chi connectivity index (χ0) is 26.3. The molecule has 4 rings (SSSR count). The number of anilines is 1. The molecule has 0 saturated heterocycles. The van der Waals surface area contributed by atoms with Crippen molar-refractivity contribution in [1.29, 1.82) is 0 Å². The first-order chi connectivity index (χ1) is 17.8. The van der Waals surface area contributed by atoms with E-state index in [0.29, 0.717) is 31.3 Å². The number of carbonyl (C=O) groups excluding carboxylic acids is 1. The van der Waals surface area contributed by atoms with E-state index in [9.17, 15) is 17.6 Å². The molecular formula is C27H29FN2O5S2. The minimum atomic E-state index is -4.16. The standard InChI is InChI=1S/C27H29FN2O5S2/c1-20-3-5-21(6-4-20)19-36-16-2-13-29-27(31)18-30(23-9-7-22(28)8-10-23)37(32,33)24-11-12-25-26(17-24)35-15-14-34-25/h3-12,17H,2,13-16,18-19H2,1H3,(H,29,31). The van der Waals surface area contributed by atoms with Crippen LogP contribution in [0.5, 0.6) is 11.5 Å². The van der Waals surface area contributed by atoms with Crippen LogP contribution in [-0.2, 0) is 20.6 Å². The van der Waals surface area contributed by atoms with Crippen LogP contribution in [-0.4, -0.2) is 46.4 Å². The van der Waals surface area contributed by atoms with E-state index in [2.05, 4.69) is 36.5 Å². The average molecular weight is 545 g/mol. The van der Waals surface area contributed by atoms with Gasteiger partial charge in [0.2, 0.25) is 5.91 Å². The summed E-state index contributed by atoms with van der Waals surface area (Å²) in [5, 5.41) is 2.80. The minimum absolute atomic E-state index is 0.0543. The van der Waals surface area contributed by atoms with Crippen LogP contribution in [0.25, 0.3) is 0 Å². The van der Waals surface area contributed by atoms with Gasteiger partial charge < -0.3 is 14.8 Å². The summed E-state index contributed by atoms with van der Waals surface area (Å²) in [5.41, 5.74) is 2.65. The number of aryl methyl sites for hydroxylation is 1. The molecule has 3 aromatic rings. The lowest BCUT2D eigenvalue weighted by molar-refractivity contribution is -0.119. The van der Waals surface area contributed by atoms with Crippen LogP contribution in [0.3, 0.4) is 0 Å². The van der Waals surface area contributed by atoms with Crippen LogP contribution in [0.2, 0.25) is 0 Å². The number of ether oxygens (including phenoxy) is 2. The predicted octanol–water partition coefficient (Wildman–Crippen LogP) is 4.54. The molecule has 7 nitrogen and oxygen atoms in total. The van der Waals surface area contributed by atoms with Gasteiger partial charge in [0.25, 0.3) is 10.0 Å². The first-order valence-corrected chi connectivity index (χ1v) is 14.5. The molecule has 0 fully saturated rings. The molecule has 0 spiro atoms. The molecule has 1 aliphatic rings. The zero-order valence-corrected chi connectivity index (χ0v) is 22.1. The number of rotatable bonds is 11. The van der Waals surface area contributed by atoms with Crippen LogP contribution >= 0.6 is 11.8 Å². The van der Waals surface area contributed by atoms with Gasteiger partial charge in [0.05, 0.1) is 10.6 Å². The lowest BCUT2D eigenvalue weighted by Crippen LogP contribution is -2.41. The van der Waals surface area contributed by atoms with Crippen molar-refractivity contribution in [3.63, 3.8) is 0 Å². The molecule has 0 unspecified atom stereocenters. The molecule has 0 atom stereocenters. The van der Waals surface area contributed by atoms with Crippen molar-refractivity contribution in [3.8, 4) is 11.5 Å². The van der Waals surface area contributed by atoms with E-state index in [-0.39, 0.29) is 10.6 Å². The smallest absolute Gasteiger partial charge is 0.264 e. The predicted molar refractivity (Wildman–Crippen MR) is 143 cm³/mol. The highest BCUT2D eigenvalue weighted by molar-refractivity contribution is 7.98. The largest absolute Gasteiger partial charge is 0.486 e. The average Bonchev–Trinajstić information content (AvgIpc) is 2.90. The van der Waals surface area contributed by atoms with E-state index in [1.807, 2.05) is 0 Å². The molecular weight excluding hydrogens is 515 g/mol. The summed E-state index contributed by atoms with van der Waals surface area (Å²) in [7, 11) is -4.16. The van der Waals surface area contributed by atoms with Gasteiger partial charge in [-0.3, -0.25) is 9.10 Å². The van der Waals surface area contributed by atoms with Gasteiger partial charge in [0.1, 0.15) is 25.6 Å². The molecule has 1 heterocycles. The second kappa shape index (κ2) is 12.3. The molecule has 0 bridgehead atoms. The monoisotopic (exact) mass is 544 g/mol. The molecule has 3 aromatic carbocycles. The van der Waals surface area contributed by atoms with Crippen molar-refractivity contribution in [1.82, 2.24) is 5.32 Å². The number of hydrogen-bond acceptors (Lipinski definition) is 6. The Morgan fingerprint density at radius 2 is 1.70 bits per heavy atom. The van der Waals surface area contributed by atoms with E-state index in [1.165, 1.54) is 41.5 Å². The van der Waals surface area contributed by atoms with E-state index < -0.39 is 28.3 Å². The molecule has 1 aliphatic heterocycles. The normalized spacial score (nSPS) is 12.7. The van der Waals surface area contributed by atoms with Crippen molar-refractivity contribution in [3.05, 3.63) is 83.7 Å². The topological polar surface area (TPSA) is 84.9 Å². The molecule has 1 amide bonds. The van der Waals surface area contributed by atoms with Crippen LogP contribution in [0.15, 0.2) is 71.6 Å². The maximum absolute atomic E-state index is 13.6. The number of amides is 1. The van der Waals surface area contributed by atoms with E-state index in [1.54, 1.807) is 11.8 Å². The third-order valence-electron chi connectivity index (χ3n) is 5.68. The molecule has 10 heteroatoms. The highest BCUT2D eigenvalue weighted by Gasteiger charge is 2.29. The van der Waals surface area contributed by atoms with Gasteiger partial charge in [-0.2, -0.15) is 11.8 Å². The van der Waals surface area contributed by atoms with Gasteiger partial charge in [-0.15, -0.1) is 0 Å². The number of carbonyl (C=O) groups is 1. The Labute approximate surface area is 221 Å². The fraction of sp³-hybridized carbons (Fsp3) is 0.296. The Morgan fingerprint density at radius 1 is 1.00 bits per heavy atom. The Kier molecular flexibility index (Phi) is 8.94. The van der Waals surface area contributed by atoms with E-state index in [0.717, 1.165) is 34.4 Å². The van der Waals surface area contributed by atoms with Gasteiger partial charge in [-0.05, 0) is 61.1 Å². The molecule has 1 N–H and O–H groups in total. The second-order valence-corrected chi connectivity index (χ2v) is 11.5. The highest BCUT2D eigenvalue weighted by atomic mass is 32.2. The fourth-order valence-corrected chi connectivity index (χ4v) is 6.05. The third kappa shape index (κ3) is 7.17. The second-order valence-electron chi connectivity index (χ2n) is 8.54. The summed E-state index contributed by atoms with van der Waals surface area (Å²) < 4.78 is 52.6. The fourth-order valence-electron chi connectivity index (χ4n) is 3.70. The molecule has 0 aliphatic carbocycles. The van der Waals surface area contributed by atoms with Crippen LogP contribution in [0.4, 0.5) is 10.1 Å². The van der Waals surface area contributed by atoms with Gasteiger partial charge >= 0.3 is 0 Å². The summed E-state index contributed by atoms with van der Waals surface area (Å²) in [4.78, 5) is 12.7. The van der Waals surface area contributed by atoms with Crippen molar-refractivity contribution < 1.29 is 27.1 Å². The molecule has 0 saturated carbocycles. The number of nitrogens with zero attached hydrogens (tertiary/aromatic N) is 1. The van der Waals surface area contributed by atoms with Crippen molar-refractivity contribution in [2.24, 2.45) is 0 Å². The minimum Gasteiger partial charge on any atom is -0.486 e. The van der Waals surface area contributed by atoms with Gasteiger partial charge in [0.15, 0.2) is 11.5 Å². The SMILES string of the molecule is Cc1ccc(CSCCCNC(=O)CN(c2ccc(F)cc2)S(=O)(=O)c2ccc3c(c2)OCCO3)cc1. The molecule has 0 radical (unpaired) electrons. The number of halogens is 1. The lowest BCUT2D eigenvalue weighted by Gasteiger charge is -2.25. The van der Waals surface area contributed by atoms with E-state index >= 15 is 0 Å². The number of sulfonamides is 1. The van der Waals surface area contributed by atoms with E-state index in [4.69, 9.17) is 9.47 Å². The zero-order valence-electron chi connectivity index (χ0n) is 20.5. The number of nitrogens with one attached hydrogen (secondary N) is 1. The Hall–Kier alpha value is -3.24. The number of hydrogen-bond donors (Lipinski definition) is 1. The van der Waals surface area contributed by atoms with Crippen LogP contribution < -0.4 is 19.1 Å². The first-order valence-electron chi connectivity index (χ1n) is 11.9. The van der Waals surface area contributed by atoms with Gasteiger partial charge in [-0.25, -0.2) is 12.8 Å². The quantitative estimate of drug-likeness (QED) is 0.357. The summed E-state index contributed by atoms with van der Waals surface area (Å²) in [6.45, 7) is 2.72. The molecule has 196 valence electrons. The van der Waals surface area contributed by atoms with Gasteiger partial charge in [-0.1, -0.05) is 29.8 Å². The lowest BCUT2D eigenvalue weighted by atomic mass is 10.2. The van der Waals surface area contributed by atoms with Crippen molar-refractivity contribution in [2.45, 2.75) is 24.0 Å². The third-order valence-corrected chi connectivity index (χ3v) is 8.57. The summed E-state index contributed by atoms with van der Waals surface area (Å²) in [5.74, 6) is 1.56. The maximum atomic E-state index is 13.6. The summed E-state index contributed by atoms with van der Waals surface area (Å²) in [6.07, 6.45) is 0.744. The number of benzene rings is 3. The highest BCUT2D eigenvalue weighted by Crippen LogP contribution is 2.34. The summed E-state index contributed by atoms with van der Waals surface area (Å²) in [6, 6.07) is 17.7.